The quantitative estimate of drug-likeness (QED) is 0.894. The Bertz CT molecular complexity index is 631. The first-order valence-corrected chi connectivity index (χ1v) is 8.59. The van der Waals surface area contributed by atoms with Gasteiger partial charge in [0.2, 0.25) is 5.91 Å². The van der Waals surface area contributed by atoms with Gasteiger partial charge in [-0.1, -0.05) is 0 Å². The molecule has 1 unspecified atom stereocenters. The molecule has 1 saturated heterocycles. The van der Waals surface area contributed by atoms with Crippen molar-refractivity contribution < 1.29 is 22.0 Å². The molecule has 0 aliphatic carbocycles. The molecule has 1 aromatic carbocycles. The van der Waals surface area contributed by atoms with Gasteiger partial charge in [0.05, 0.1) is 11.5 Å². The number of rotatable bonds is 5. The van der Waals surface area contributed by atoms with Crippen LogP contribution >= 0.6 is 0 Å². The van der Waals surface area contributed by atoms with Gasteiger partial charge in [-0.05, 0) is 42.5 Å². The number of sulfone groups is 1. The predicted molar refractivity (Wildman–Crippen MR) is 74.4 cm³/mol. The summed E-state index contributed by atoms with van der Waals surface area (Å²) in [6, 6.07) is 3.14. The molecule has 0 bridgehead atoms. The minimum Gasteiger partial charge on any atom is -0.356 e. The lowest BCUT2D eigenvalue weighted by molar-refractivity contribution is -0.121. The predicted octanol–water partition coefficient (Wildman–Crippen LogP) is 1.45. The van der Waals surface area contributed by atoms with Crippen LogP contribution in [0.4, 0.5) is 8.78 Å². The molecular weight excluding hydrogens is 300 g/mol. The monoisotopic (exact) mass is 317 g/mol. The first-order valence-electron chi connectivity index (χ1n) is 6.77. The molecule has 0 radical (unpaired) electrons. The smallest absolute Gasteiger partial charge is 0.220 e. The van der Waals surface area contributed by atoms with Crippen LogP contribution in [0.1, 0.15) is 18.4 Å². The van der Waals surface area contributed by atoms with E-state index in [2.05, 4.69) is 5.32 Å². The third-order valence-corrected chi connectivity index (χ3v) is 5.38. The summed E-state index contributed by atoms with van der Waals surface area (Å²) in [5, 5.41) is 2.65. The van der Waals surface area contributed by atoms with Crippen molar-refractivity contribution in [2.75, 3.05) is 18.1 Å². The number of benzene rings is 1. The summed E-state index contributed by atoms with van der Waals surface area (Å²) in [4.78, 5) is 11.7. The van der Waals surface area contributed by atoms with Gasteiger partial charge in [0.1, 0.15) is 11.6 Å². The van der Waals surface area contributed by atoms with Crippen molar-refractivity contribution in [3.05, 3.63) is 35.4 Å². The van der Waals surface area contributed by atoms with Crippen LogP contribution in [-0.4, -0.2) is 32.4 Å². The summed E-state index contributed by atoms with van der Waals surface area (Å²) >= 11 is 0. The Balaban J connectivity index is 1.76. The summed E-state index contributed by atoms with van der Waals surface area (Å²) in [5.74, 6) is -1.14. The van der Waals surface area contributed by atoms with Gasteiger partial charge in [0.25, 0.3) is 0 Å². The number of amides is 1. The minimum absolute atomic E-state index is 0.0415. The second kappa shape index (κ2) is 6.51. The molecule has 0 aromatic heterocycles. The number of aryl methyl sites for hydroxylation is 1. The average Bonchev–Trinajstić information content (AvgIpc) is 2.77. The number of halogens is 2. The molecular formula is C14H17F2NO3S. The maximum atomic E-state index is 13.4. The topological polar surface area (TPSA) is 63.2 Å². The zero-order valence-corrected chi connectivity index (χ0v) is 12.3. The molecule has 1 fully saturated rings. The highest BCUT2D eigenvalue weighted by Crippen LogP contribution is 2.17. The van der Waals surface area contributed by atoms with Gasteiger partial charge in [0, 0.05) is 13.0 Å². The minimum atomic E-state index is -2.95. The highest BCUT2D eigenvalue weighted by Gasteiger charge is 2.27. The maximum Gasteiger partial charge on any atom is 0.220 e. The van der Waals surface area contributed by atoms with Crippen LogP contribution in [0.15, 0.2) is 18.2 Å². The molecule has 1 heterocycles. The molecule has 21 heavy (non-hydrogen) atoms. The fourth-order valence-electron chi connectivity index (χ4n) is 2.36. The fraction of sp³-hybridized carbons (Fsp3) is 0.500. The molecule has 1 atom stereocenters. The van der Waals surface area contributed by atoms with E-state index in [1.807, 2.05) is 0 Å². The van der Waals surface area contributed by atoms with Crippen molar-refractivity contribution in [1.82, 2.24) is 5.32 Å². The van der Waals surface area contributed by atoms with Crippen molar-refractivity contribution in [2.45, 2.75) is 19.3 Å². The van der Waals surface area contributed by atoms with E-state index in [9.17, 15) is 22.0 Å². The molecule has 1 N–H and O–H groups in total. The van der Waals surface area contributed by atoms with E-state index in [4.69, 9.17) is 0 Å². The molecule has 0 saturated carbocycles. The Kier molecular flexibility index (Phi) is 4.92. The first kappa shape index (κ1) is 15.9. The van der Waals surface area contributed by atoms with Gasteiger partial charge in [-0.3, -0.25) is 4.79 Å². The molecule has 0 spiro atoms. The maximum absolute atomic E-state index is 13.4. The molecule has 4 nitrogen and oxygen atoms in total. The standard InChI is InChI=1S/C14H17F2NO3S/c15-12-2-3-13(16)11(7-12)1-4-14(18)17-8-10-5-6-21(19,20)9-10/h2-3,7,10H,1,4-6,8-9H2,(H,17,18). The van der Waals surface area contributed by atoms with E-state index in [1.54, 1.807) is 0 Å². The lowest BCUT2D eigenvalue weighted by Crippen LogP contribution is -2.30. The van der Waals surface area contributed by atoms with Crippen LogP contribution in [0, 0.1) is 17.6 Å². The van der Waals surface area contributed by atoms with Gasteiger partial charge in [-0.25, -0.2) is 17.2 Å². The summed E-state index contributed by atoms with van der Waals surface area (Å²) in [6.07, 6.45) is 0.708. The van der Waals surface area contributed by atoms with Gasteiger partial charge in [-0.2, -0.15) is 0 Å². The molecule has 1 amide bonds. The molecule has 1 aromatic rings. The first-order chi connectivity index (χ1) is 9.85. The molecule has 1 aliphatic heterocycles. The van der Waals surface area contributed by atoms with Gasteiger partial charge in [-0.15, -0.1) is 0 Å². The fourth-order valence-corrected chi connectivity index (χ4v) is 4.22. The summed E-state index contributed by atoms with van der Waals surface area (Å²) < 4.78 is 48.9. The van der Waals surface area contributed by atoms with Crippen molar-refractivity contribution in [2.24, 2.45) is 5.92 Å². The van der Waals surface area contributed by atoms with E-state index in [-0.39, 0.29) is 41.7 Å². The number of hydrogen-bond acceptors (Lipinski definition) is 3. The Hall–Kier alpha value is -1.50. The highest BCUT2D eigenvalue weighted by molar-refractivity contribution is 7.91. The van der Waals surface area contributed by atoms with Crippen LogP contribution in [0.2, 0.25) is 0 Å². The Morgan fingerprint density at radius 2 is 2.10 bits per heavy atom. The SMILES string of the molecule is O=C(CCc1cc(F)ccc1F)NCC1CCS(=O)(=O)C1. The van der Waals surface area contributed by atoms with Crippen LogP contribution < -0.4 is 5.32 Å². The van der Waals surface area contributed by atoms with E-state index in [0.29, 0.717) is 13.0 Å². The zero-order valence-electron chi connectivity index (χ0n) is 11.4. The Morgan fingerprint density at radius 3 is 2.76 bits per heavy atom. The van der Waals surface area contributed by atoms with Crippen molar-refractivity contribution in [3.63, 3.8) is 0 Å². The number of carbonyl (C=O) groups is 1. The normalized spacial score (nSPS) is 20.4. The van der Waals surface area contributed by atoms with E-state index < -0.39 is 21.5 Å². The lowest BCUT2D eigenvalue weighted by Gasteiger charge is -2.10. The summed E-state index contributed by atoms with van der Waals surface area (Å²) in [5.41, 5.74) is 0.161. The number of carbonyl (C=O) groups excluding carboxylic acids is 1. The molecule has 2 rings (SSSR count). The van der Waals surface area contributed by atoms with Gasteiger partial charge < -0.3 is 5.32 Å². The summed E-state index contributed by atoms with van der Waals surface area (Å²) in [6.45, 7) is 0.309. The Labute approximate surface area is 122 Å². The van der Waals surface area contributed by atoms with Gasteiger partial charge in [0.15, 0.2) is 9.84 Å². The number of hydrogen-bond donors (Lipinski definition) is 1. The summed E-state index contributed by atoms with van der Waals surface area (Å²) in [7, 11) is -2.95. The van der Waals surface area contributed by atoms with Crippen molar-refractivity contribution in [3.8, 4) is 0 Å². The second-order valence-corrected chi connectivity index (χ2v) is 7.54. The van der Waals surface area contributed by atoms with Crippen LogP contribution in [0.5, 0.6) is 0 Å². The van der Waals surface area contributed by atoms with Crippen molar-refractivity contribution >= 4 is 15.7 Å². The zero-order chi connectivity index (χ0) is 15.5. The van der Waals surface area contributed by atoms with Crippen LogP contribution in [0.3, 0.4) is 0 Å². The van der Waals surface area contributed by atoms with Crippen LogP contribution in [0.25, 0.3) is 0 Å². The molecule has 116 valence electrons. The third kappa shape index (κ3) is 4.77. The lowest BCUT2D eigenvalue weighted by atomic mass is 10.1. The van der Waals surface area contributed by atoms with Gasteiger partial charge >= 0.3 is 0 Å². The van der Waals surface area contributed by atoms with Crippen LogP contribution in [-0.2, 0) is 21.1 Å². The molecule has 1 aliphatic rings. The Morgan fingerprint density at radius 1 is 1.33 bits per heavy atom. The highest BCUT2D eigenvalue weighted by atomic mass is 32.2. The van der Waals surface area contributed by atoms with E-state index >= 15 is 0 Å². The third-order valence-electron chi connectivity index (χ3n) is 3.54. The molecule has 7 heteroatoms. The largest absolute Gasteiger partial charge is 0.356 e. The van der Waals surface area contributed by atoms with Crippen molar-refractivity contribution in [1.29, 1.82) is 0 Å². The second-order valence-electron chi connectivity index (χ2n) is 5.31. The van der Waals surface area contributed by atoms with E-state index in [1.165, 1.54) is 0 Å². The average molecular weight is 317 g/mol. The van der Waals surface area contributed by atoms with E-state index in [0.717, 1.165) is 18.2 Å². The number of nitrogens with one attached hydrogen (secondary N) is 1.